The first-order valence-corrected chi connectivity index (χ1v) is 8.31. The van der Waals surface area contributed by atoms with Gasteiger partial charge in [0, 0.05) is 19.6 Å². The van der Waals surface area contributed by atoms with Crippen LogP contribution in [0, 0.1) is 5.41 Å². The first-order valence-electron chi connectivity index (χ1n) is 8.31. The van der Waals surface area contributed by atoms with Crippen LogP contribution < -0.4 is 10.6 Å². The quantitative estimate of drug-likeness (QED) is 0.866. The summed E-state index contributed by atoms with van der Waals surface area (Å²) in [6.07, 6.45) is 3.98. The predicted molar refractivity (Wildman–Crippen MR) is 94.2 cm³/mol. The summed E-state index contributed by atoms with van der Waals surface area (Å²) >= 11 is 0. The van der Waals surface area contributed by atoms with E-state index in [4.69, 9.17) is 4.74 Å². The van der Waals surface area contributed by atoms with Gasteiger partial charge in [0.2, 0.25) is 5.91 Å². The second kappa shape index (κ2) is 8.13. The van der Waals surface area contributed by atoms with E-state index in [2.05, 4.69) is 34.9 Å². The molecule has 0 bridgehead atoms. The van der Waals surface area contributed by atoms with E-state index in [0.29, 0.717) is 12.5 Å². The van der Waals surface area contributed by atoms with Gasteiger partial charge in [-0.1, -0.05) is 24.3 Å². The van der Waals surface area contributed by atoms with Gasteiger partial charge in [0.25, 0.3) is 0 Å². The standard InChI is InChI=1S/C18H26N2O2.ClH/c1-22-13-18(8-10-19-11-9-18)17(21)20-12-15-7-6-14-4-2-3-5-16(14)15;/h2-5,15,19H,6-13H2,1H3,(H,20,21);1H. The van der Waals surface area contributed by atoms with Crippen molar-refractivity contribution < 1.29 is 9.53 Å². The largest absolute Gasteiger partial charge is 0.384 e. The first kappa shape index (κ1) is 18.2. The molecule has 4 nitrogen and oxygen atoms in total. The Labute approximate surface area is 144 Å². The van der Waals surface area contributed by atoms with E-state index in [-0.39, 0.29) is 23.7 Å². The third kappa shape index (κ3) is 3.87. The van der Waals surface area contributed by atoms with Crippen LogP contribution >= 0.6 is 12.4 Å². The van der Waals surface area contributed by atoms with E-state index < -0.39 is 0 Å². The van der Waals surface area contributed by atoms with Gasteiger partial charge in [-0.05, 0) is 49.9 Å². The number of fused-ring (bicyclic) bond motifs is 1. The van der Waals surface area contributed by atoms with Crippen molar-refractivity contribution in [2.45, 2.75) is 31.6 Å². The van der Waals surface area contributed by atoms with Crippen molar-refractivity contribution in [3.8, 4) is 0 Å². The van der Waals surface area contributed by atoms with Crippen molar-refractivity contribution in [1.29, 1.82) is 0 Å². The highest BCUT2D eigenvalue weighted by atomic mass is 35.5. The van der Waals surface area contributed by atoms with Gasteiger partial charge in [-0.3, -0.25) is 4.79 Å². The summed E-state index contributed by atoms with van der Waals surface area (Å²) < 4.78 is 5.35. The fourth-order valence-corrected chi connectivity index (χ4v) is 3.88. The molecule has 23 heavy (non-hydrogen) atoms. The van der Waals surface area contributed by atoms with Crippen LogP contribution in [0.1, 0.15) is 36.3 Å². The van der Waals surface area contributed by atoms with Crippen LogP contribution in [0.5, 0.6) is 0 Å². The number of hydrogen-bond acceptors (Lipinski definition) is 3. The van der Waals surface area contributed by atoms with Gasteiger partial charge < -0.3 is 15.4 Å². The Morgan fingerprint density at radius 3 is 2.83 bits per heavy atom. The van der Waals surface area contributed by atoms with E-state index in [1.165, 1.54) is 11.1 Å². The molecule has 0 aromatic heterocycles. The smallest absolute Gasteiger partial charge is 0.228 e. The van der Waals surface area contributed by atoms with E-state index in [9.17, 15) is 4.79 Å². The molecular formula is C18H27ClN2O2. The molecule has 0 radical (unpaired) electrons. The molecule has 1 saturated heterocycles. The fraction of sp³-hybridized carbons (Fsp3) is 0.611. The van der Waals surface area contributed by atoms with E-state index in [1.54, 1.807) is 7.11 Å². The molecule has 2 N–H and O–H groups in total. The Morgan fingerprint density at radius 2 is 2.09 bits per heavy atom. The third-order valence-corrected chi connectivity index (χ3v) is 5.23. The second-order valence-electron chi connectivity index (χ2n) is 6.61. The summed E-state index contributed by atoms with van der Waals surface area (Å²) in [6, 6.07) is 8.60. The molecule has 1 atom stereocenters. The topological polar surface area (TPSA) is 50.4 Å². The van der Waals surface area contributed by atoms with Gasteiger partial charge in [0.1, 0.15) is 0 Å². The highest BCUT2D eigenvalue weighted by Gasteiger charge is 2.39. The zero-order valence-corrected chi connectivity index (χ0v) is 14.6. The highest BCUT2D eigenvalue weighted by molar-refractivity contribution is 5.85. The maximum Gasteiger partial charge on any atom is 0.228 e. The molecular weight excluding hydrogens is 312 g/mol. The minimum atomic E-state index is -0.349. The van der Waals surface area contributed by atoms with Crippen LogP contribution in [0.3, 0.4) is 0 Å². The van der Waals surface area contributed by atoms with Crippen LogP contribution in [0.4, 0.5) is 0 Å². The number of piperidine rings is 1. The van der Waals surface area contributed by atoms with Gasteiger partial charge in [-0.15, -0.1) is 12.4 Å². The molecule has 2 aliphatic rings. The van der Waals surface area contributed by atoms with Crippen LogP contribution in [0.15, 0.2) is 24.3 Å². The number of ether oxygens (including phenoxy) is 1. The van der Waals surface area contributed by atoms with E-state index >= 15 is 0 Å². The Hall–Kier alpha value is -1.10. The molecule has 1 unspecified atom stereocenters. The van der Waals surface area contributed by atoms with Crippen LogP contribution in [-0.2, 0) is 16.0 Å². The Bertz CT molecular complexity index is 524. The minimum absolute atomic E-state index is 0. The van der Waals surface area contributed by atoms with Gasteiger partial charge in [-0.2, -0.15) is 0 Å². The number of methoxy groups -OCH3 is 1. The second-order valence-corrected chi connectivity index (χ2v) is 6.61. The lowest BCUT2D eigenvalue weighted by atomic mass is 9.78. The molecule has 3 rings (SSSR count). The Balaban J connectivity index is 0.00000192. The maximum atomic E-state index is 12.8. The van der Waals surface area contributed by atoms with Gasteiger partial charge >= 0.3 is 0 Å². The number of halogens is 1. The zero-order valence-electron chi connectivity index (χ0n) is 13.8. The van der Waals surface area contributed by atoms with E-state index in [0.717, 1.165) is 45.3 Å². The lowest BCUT2D eigenvalue weighted by Gasteiger charge is -2.35. The number of aryl methyl sites for hydroxylation is 1. The molecule has 1 aliphatic heterocycles. The summed E-state index contributed by atoms with van der Waals surface area (Å²) in [5, 5.41) is 6.54. The SMILES string of the molecule is COCC1(C(=O)NCC2CCc3ccccc32)CCNCC1.Cl. The lowest BCUT2D eigenvalue weighted by Crippen LogP contribution is -2.50. The summed E-state index contributed by atoms with van der Waals surface area (Å²) in [5.41, 5.74) is 2.50. The molecule has 1 fully saturated rings. The van der Waals surface area contributed by atoms with Crippen molar-refractivity contribution in [1.82, 2.24) is 10.6 Å². The predicted octanol–water partition coefficient (Wildman–Crippen LogP) is 2.27. The number of hydrogen-bond donors (Lipinski definition) is 2. The summed E-state index contributed by atoms with van der Waals surface area (Å²) in [7, 11) is 1.68. The number of rotatable bonds is 5. The van der Waals surface area contributed by atoms with E-state index in [1.807, 2.05) is 0 Å². The van der Waals surface area contributed by atoms with Crippen molar-refractivity contribution in [2.75, 3.05) is 33.4 Å². The number of nitrogens with one attached hydrogen (secondary N) is 2. The van der Waals surface area contributed by atoms with Crippen molar-refractivity contribution >= 4 is 18.3 Å². The number of carbonyl (C=O) groups excluding carboxylic acids is 1. The molecule has 128 valence electrons. The molecule has 5 heteroatoms. The third-order valence-electron chi connectivity index (χ3n) is 5.23. The fourth-order valence-electron chi connectivity index (χ4n) is 3.88. The first-order chi connectivity index (χ1) is 10.7. The number of benzene rings is 1. The van der Waals surface area contributed by atoms with Crippen molar-refractivity contribution in [3.05, 3.63) is 35.4 Å². The average molecular weight is 339 g/mol. The Morgan fingerprint density at radius 1 is 1.35 bits per heavy atom. The van der Waals surface area contributed by atoms with Gasteiger partial charge in [0.15, 0.2) is 0 Å². The van der Waals surface area contributed by atoms with Crippen molar-refractivity contribution in [2.24, 2.45) is 5.41 Å². The number of amides is 1. The Kier molecular flexibility index (Phi) is 6.45. The maximum absolute atomic E-state index is 12.8. The molecule has 1 aliphatic carbocycles. The lowest BCUT2D eigenvalue weighted by molar-refractivity contribution is -0.136. The normalized spacial score (nSPS) is 22.0. The molecule has 0 spiro atoms. The summed E-state index contributed by atoms with van der Waals surface area (Å²) in [5.74, 6) is 0.627. The molecule has 1 aromatic carbocycles. The highest BCUT2D eigenvalue weighted by Crippen LogP contribution is 2.33. The van der Waals surface area contributed by atoms with Gasteiger partial charge in [0.05, 0.1) is 12.0 Å². The molecule has 0 saturated carbocycles. The zero-order chi connectivity index (χ0) is 15.4. The molecule has 1 amide bonds. The van der Waals surface area contributed by atoms with Gasteiger partial charge in [-0.25, -0.2) is 0 Å². The minimum Gasteiger partial charge on any atom is -0.384 e. The molecule has 1 heterocycles. The van der Waals surface area contributed by atoms with Crippen molar-refractivity contribution in [3.63, 3.8) is 0 Å². The van der Waals surface area contributed by atoms with Crippen LogP contribution in [0.25, 0.3) is 0 Å². The summed E-state index contributed by atoms with van der Waals surface area (Å²) in [4.78, 5) is 12.8. The van der Waals surface area contributed by atoms with Crippen LogP contribution in [-0.4, -0.2) is 39.3 Å². The average Bonchev–Trinajstić information content (AvgIpc) is 2.97. The summed E-state index contributed by atoms with van der Waals surface area (Å²) in [6.45, 7) is 3.04. The monoisotopic (exact) mass is 338 g/mol. The number of carbonyl (C=O) groups is 1. The molecule has 1 aromatic rings. The van der Waals surface area contributed by atoms with Crippen LogP contribution in [0.2, 0.25) is 0 Å².